The van der Waals surface area contributed by atoms with Gasteiger partial charge in [-0.15, -0.1) is 0 Å². The minimum absolute atomic E-state index is 0.768. The van der Waals surface area contributed by atoms with E-state index in [0.29, 0.717) is 0 Å². The molecule has 0 aromatic heterocycles. The normalized spacial score (nSPS) is 14.2. The van der Waals surface area contributed by atoms with Gasteiger partial charge in [0.25, 0.3) is 0 Å². The van der Waals surface area contributed by atoms with Crippen LogP contribution in [-0.4, -0.2) is 0 Å². The highest BCUT2D eigenvalue weighted by Gasteiger charge is 2.18. The van der Waals surface area contributed by atoms with E-state index in [1.807, 2.05) is 0 Å². The maximum Gasteiger partial charge on any atom is -0.0136 e. The second-order valence-corrected chi connectivity index (χ2v) is 6.34. The maximum absolute atomic E-state index is 2.46. The summed E-state index contributed by atoms with van der Waals surface area (Å²) in [5.74, 6) is 1.59. The Labute approximate surface area is 127 Å². The van der Waals surface area contributed by atoms with Crippen molar-refractivity contribution < 1.29 is 0 Å². The van der Waals surface area contributed by atoms with Gasteiger partial charge in [-0.05, 0) is 23.8 Å². The molecule has 2 unspecified atom stereocenters. The lowest BCUT2D eigenvalue weighted by atomic mass is 9.81. The van der Waals surface area contributed by atoms with Crippen LogP contribution in [0, 0.1) is 5.92 Å². The SMILES string of the molecule is CCCCCCCC(c1ccccc1)C(C)CCCC. The smallest absolute Gasteiger partial charge is 0.0136 e. The number of benzene rings is 1. The van der Waals surface area contributed by atoms with Gasteiger partial charge in [-0.1, -0.05) is 102 Å². The molecule has 0 aliphatic carbocycles. The lowest BCUT2D eigenvalue weighted by Crippen LogP contribution is -2.10. The molecule has 0 aliphatic heterocycles. The second-order valence-electron chi connectivity index (χ2n) is 6.34. The predicted octanol–water partition coefficient (Wildman–Crippen LogP) is 6.96. The number of hydrogen-bond donors (Lipinski definition) is 0. The molecule has 114 valence electrons. The van der Waals surface area contributed by atoms with Gasteiger partial charge in [0.2, 0.25) is 0 Å². The summed E-state index contributed by atoms with van der Waals surface area (Å²) in [4.78, 5) is 0. The van der Waals surface area contributed by atoms with Crippen LogP contribution in [0.5, 0.6) is 0 Å². The zero-order valence-electron chi connectivity index (χ0n) is 13.9. The highest BCUT2D eigenvalue weighted by molar-refractivity contribution is 5.20. The average molecular weight is 274 g/mol. The molecular formula is C20H34. The van der Waals surface area contributed by atoms with Crippen molar-refractivity contribution in [3.63, 3.8) is 0 Å². The zero-order chi connectivity index (χ0) is 14.6. The number of rotatable bonds is 11. The summed E-state index contributed by atoms with van der Waals surface area (Å²) in [7, 11) is 0. The fraction of sp³-hybridized carbons (Fsp3) is 0.700. The number of hydrogen-bond acceptors (Lipinski definition) is 0. The molecule has 0 heteroatoms. The molecule has 0 bridgehead atoms. The Hall–Kier alpha value is -0.780. The Morgan fingerprint density at radius 1 is 0.750 bits per heavy atom. The molecule has 2 atom stereocenters. The van der Waals surface area contributed by atoms with E-state index in [-0.39, 0.29) is 0 Å². The van der Waals surface area contributed by atoms with Crippen LogP contribution in [-0.2, 0) is 0 Å². The molecule has 1 aromatic rings. The van der Waals surface area contributed by atoms with Gasteiger partial charge in [0.05, 0.1) is 0 Å². The third-order valence-electron chi connectivity index (χ3n) is 4.55. The lowest BCUT2D eigenvalue weighted by Gasteiger charge is -2.24. The van der Waals surface area contributed by atoms with E-state index in [4.69, 9.17) is 0 Å². The molecule has 0 amide bonds. The van der Waals surface area contributed by atoms with Gasteiger partial charge >= 0.3 is 0 Å². The summed E-state index contributed by atoms with van der Waals surface area (Å²) in [6.07, 6.45) is 12.4. The molecule has 0 nitrogen and oxygen atoms in total. The zero-order valence-corrected chi connectivity index (χ0v) is 13.9. The van der Waals surface area contributed by atoms with Crippen LogP contribution in [0.2, 0.25) is 0 Å². The van der Waals surface area contributed by atoms with Crippen molar-refractivity contribution in [1.82, 2.24) is 0 Å². The van der Waals surface area contributed by atoms with Crippen LogP contribution >= 0.6 is 0 Å². The maximum atomic E-state index is 2.46. The quantitative estimate of drug-likeness (QED) is 0.383. The molecule has 20 heavy (non-hydrogen) atoms. The molecule has 0 N–H and O–H groups in total. The van der Waals surface area contributed by atoms with Crippen molar-refractivity contribution in [3.8, 4) is 0 Å². The Balaban J connectivity index is 2.51. The summed E-state index contributed by atoms with van der Waals surface area (Å²) < 4.78 is 0. The second kappa shape index (κ2) is 10.9. The Morgan fingerprint density at radius 2 is 1.40 bits per heavy atom. The van der Waals surface area contributed by atoms with Crippen LogP contribution < -0.4 is 0 Å². The molecule has 0 saturated heterocycles. The van der Waals surface area contributed by atoms with Crippen molar-refractivity contribution in [1.29, 1.82) is 0 Å². The molecule has 0 saturated carbocycles. The van der Waals surface area contributed by atoms with E-state index >= 15 is 0 Å². The summed E-state index contributed by atoms with van der Waals surface area (Å²) >= 11 is 0. The van der Waals surface area contributed by atoms with Crippen LogP contribution in [0.3, 0.4) is 0 Å². The van der Waals surface area contributed by atoms with Gasteiger partial charge in [-0.3, -0.25) is 0 Å². The number of unbranched alkanes of at least 4 members (excludes halogenated alkanes) is 5. The van der Waals surface area contributed by atoms with Gasteiger partial charge in [-0.2, -0.15) is 0 Å². The standard InChI is InChI=1S/C20H34/c1-4-6-8-9-13-17-20(18(3)14-7-5-2)19-15-11-10-12-16-19/h10-12,15-16,18,20H,4-9,13-14,17H2,1-3H3. The van der Waals surface area contributed by atoms with Gasteiger partial charge in [0.1, 0.15) is 0 Å². The van der Waals surface area contributed by atoms with E-state index in [1.165, 1.54) is 57.8 Å². The minimum Gasteiger partial charge on any atom is -0.0654 e. The Bertz CT molecular complexity index is 314. The average Bonchev–Trinajstić information content (AvgIpc) is 2.49. The first-order chi connectivity index (χ1) is 9.79. The summed E-state index contributed by atoms with van der Waals surface area (Å²) in [5.41, 5.74) is 1.56. The topological polar surface area (TPSA) is 0 Å². The molecular weight excluding hydrogens is 240 g/mol. The summed E-state index contributed by atoms with van der Waals surface area (Å²) in [6.45, 7) is 7.05. The highest BCUT2D eigenvalue weighted by atomic mass is 14.2. The van der Waals surface area contributed by atoms with Gasteiger partial charge in [0, 0.05) is 0 Å². The highest BCUT2D eigenvalue weighted by Crippen LogP contribution is 2.33. The van der Waals surface area contributed by atoms with Crippen LogP contribution in [0.25, 0.3) is 0 Å². The largest absolute Gasteiger partial charge is 0.0654 e. The third-order valence-corrected chi connectivity index (χ3v) is 4.55. The first-order valence-electron chi connectivity index (χ1n) is 8.84. The van der Waals surface area contributed by atoms with E-state index < -0.39 is 0 Å². The van der Waals surface area contributed by atoms with Crippen molar-refractivity contribution in [2.45, 2.75) is 84.5 Å². The van der Waals surface area contributed by atoms with E-state index in [2.05, 4.69) is 51.1 Å². The van der Waals surface area contributed by atoms with E-state index in [0.717, 1.165) is 11.8 Å². The lowest BCUT2D eigenvalue weighted by molar-refractivity contribution is 0.383. The van der Waals surface area contributed by atoms with Crippen molar-refractivity contribution in [2.24, 2.45) is 5.92 Å². The summed E-state index contributed by atoms with van der Waals surface area (Å²) in [6, 6.07) is 11.2. The van der Waals surface area contributed by atoms with Gasteiger partial charge in [-0.25, -0.2) is 0 Å². The fourth-order valence-electron chi connectivity index (χ4n) is 3.18. The predicted molar refractivity (Wildman–Crippen MR) is 91.2 cm³/mol. The molecule has 0 radical (unpaired) electrons. The molecule has 0 spiro atoms. The van der Waals surface area contributed by atoms with Crippen LogP contribution in [0.15, 0.2) is 30.3 Å². The molecule has 0 fully saturated rings. The third kappa shape index (κ3) is 6.59. The minimum atomic E-state index is 0.768. The summed E-state index contributed by atoms with van der Waals surface area (Å²) in [5, 5.41) is 0. The van der Waals surface area contributed by atoms with Gasteiger partial charge < -0.3 is 0 Å². The molecule has 0 heterocycles. The fourth-order valence-corrected chi connectivity index (χ4v) is 3.18. The van der Waals surface area contributed by atoms with Crippen LogP contribution in [0.1, 0.15) is 90.0 Å². The van der Waals surface area contributed by atoms with Crippen molar-refractivity contribution in [2.75, 3.05) is 0 Å². The molecule has 1 aromatic carbocycles. The van der Waals surface area contributed by atoms with Crippen molar-refractivity contribution in [3.05, 3.63) is 35.9 Å². The van der Waals surface area contributed by atoms with Crippen LogP contribution in [0.4, 0.5) is 0 Å². The van der Waals surface area contributed by atoms with E-state index in [9.17, 15) is 0 Å². The Morgan fingerprint density at radius 3 is 2.05 bits per heavy atom. The Kier molecular flexibility index (Phi) is 9.45. The van der Waals surface area contributed by atoms with E-state index in [1.54, 1.807) is 5.56 Å². The monoisotopic (exact) mass is 274 g/mol. The van der Waals surface area contributed by atoms with Gasteiger partial charge in [0.15, 0.2) is 0 Å². The first kappa shape index (κ1) is 17.3. The first-order valence-corrected chi connectivity index (χ1v) is 8.84. The molecule has 1 rings (SSSR count). The van der Waals surface area contributed by atoms with Crippen molar-refractivity contribution >= 4 is 0 Å². The molecule has 0 aliphatic rings.